The van der Waals surface area contributed by atoms with Crippen molar-refractivity contribution in [2.75, 3.05) is 21.3 Å². The number of aromatic nitrogens is 3. The molecule has 0 aliphatic rings. The first-order chi connectivity index (χ1) is 10.1. The van der Waals surface area contributed by atoms with Crippen LogP contribution in [0.4, 0.5) is 0 Å². The molecule has 1 N–H and O–H groups in total. The van der Waals surface area contributed by atoms with Crippen LogP contribution in [0.15, 0.2) is 18.2 Å². The van der Waals surface area contributed by atoms with Crippen molar-refractivity contribution in [2.24, 2.45) is 0 Å². The standard InChI is InChI=1S/C13H15N3O5/c1-19-7-10-12(13(17)18)14-15-16(10)9-6-8(20-2)4-5-11(9)21-3/h4-6H,7H2,1-3H3,(H,17,18). The maximum absolute atomic E-state index is 11.2. The van der Waals surface area contributed by atoms with E-state index in [2.05, 4.69) is 10.3 Å². The van der Waals surface area contributed by atoms with Gasteiger partial charge >= 0.3 is 5.97 Å². The zero-order valence-corrected chi connectivity index (χ0v) is 11.9. The van der Waals surface area contributed by atoms with Crippen molar-refractivity contribution in [1.29, 1.82) is 0 Å². The van der Waals surface area contributed by atoms with Crippen LogP contribution >= 0.6 is 0 Å². The van der Waals surface area contributed by atoms with Gasteiger partial charge in [0.05, 0.1) is 20.8 Å². The van der Waals surface area contributed by atoms with Crippen molar-refractivity contribution in [3.8, 4) is 17.2 Å². The van der Waals surface area contributed by atoms with Crippen molar-refractivity contribution < 1.29 is 24.1 Å². The number of methoxy groups -OCH3 is 3. The highest BCUT2D eigenvalue weighted by molar-refractivity contribution is 5.86. The fourth-order valence-corrected chi connectivity index (χ4v) is 1.89. The Labute approximate surface area is 120 Å². The number of benzene rings is 1. The van der Waals surface area contributed by atoms with Gasteiger partial charge in [-0.05, 0) is 12.1 Å². The Kier molecular flexibility index (Phi) is 4.39. The zero-order chi connectivity index (χ0) is 15.4. The summed E-state index contributed by atoms with van der Waals surface area (Å²) in [5, 5.41) is 16.7. The van der Waals surface area contributed by atoms with E-state index >= 15 is 0 Å². The quantitative estimate of drug-likeness (QED) is 0.852. The first-order valence-electron chi connectivity index (χ1n) is 6.01. The summed E-state index contributed by atoms with van der Waals surface area (Å²) < 4.78 is 16.8. The summed E-state index contributed by atoms with van der Waals surface area (Å²) >= 11 is 0. The third-order valence-electron chi connectivity index (χ3n) is 2.86. The molecule has 0 aliphatic heterocycles. The van der Waals surface area contributed by atoms with E-state index in [9.17, 15) is 4.79 Å². The van der Waals surface area contributed by atoms with Crippen LogP contribution in [0.5, 0.6) is 11.5 Å². The van der Waals surface area contributed by atoms with Gasteiger partial charge in [-0.1, -0.05) is 5.21 Å². The molecule has 0 spiro atoms. The topological polar surface area (TPSA) is 95.7 Å². The molecule has 1 aromatic carbocycles. The number of ether oxygens (including phenoxy) is 3. The third-order valence-corrected chi connectivity index (χ3v) is 2.86. The minimum absolute atomic E-state index is 0.0506. The smallest absolute Gasteiger partial charge is 0.358 e. The van der Waals surface area contributed by atoms with Gasteiger partial charge in [-0.2, -0.15) is 0 Å². The fourth-order valence-electron chi connectivity index (χ4n) is 1.89. The number of nitrogens with zero attached hydrogens (tertiary/aromatic N) is 3. The van der Waals surface area contributed by atoms with Gasteiger partial charge in [0.2, 0.25) is 0 Å². The average Bonchev–Trinajstić information content (AvgIpc) is 2.90. The molecule has 0 bridgehead atoms. The van der Waals surface area contributed by atoms with Crippen molar-refractivity contribution in [2.45, 2.75) is 6.61 Å². The molecule has 0 amide bonds. The number of carboxylic acid groups (broad SMARTS) is 1. The zero-order valence-electron chi connectivity index (χ0n) is 11.9. The van der Waals surface area contributed by atoms with Gasteiger partial charge in [0, 0.05) is 13.2 Å². The Morgan fingerprint density at radius 2 is 2.05 bits per heavy atom. The summed E-state index contributed by atoms with van der Waals surface area (Å²) in [6.45, 7) is 0.0506. The molecule has 2 rings (SSSR count). The Hall–Kier alpha value is -2.61. The molecular weight excluding hydrogens is 278 g/mol. The molecular formula is C13H15N3O5. The van der Waals surface area contributed by atoms with Crippen LogP contribution in [-0.4, -0.2) is 47.4 Å². The molecule has 0 saturated carbocycles. The predicted octanol–water partition coefficient (Wildman–Crippen LogP) is 1.13. The predicted molar refractivity (Wildman–Crippen MR) is 72.1 cm³/mol. The Bertz CT molecular complexity index is 653. The second kappa shape index (κ2) is 6.23. The molecule has 2 aromatic rings. The van der Waals surface area contributed by atoms with Crippen LogP contribution in [0.25, 0.3) is 5.69 Å². The molecule has 1 heterocycles. The number of aromatic carboxylic acids is 1. The molecule has 112 valence electrons. The highest BCUT2D eigenvalue weighted by Gasteiger charge is 2.21. The van der Waals surface area contributed by atoms with E-state index in [0.717, 1.165) is 0 Å². The van der Waals surface area contributed by atoms with E-state index < -0.39 is 5.97 Å². The Morgan fingerprint density at radius 1 is 1.29 bits per heavy atom. The minimum atomic E-state index is -1.17. The molecule has 0 atom stereocenters. The second-order valence-corrected chi connectivity index (χ2v) is 4.07. The normalized spacial score (nSPS) is 10.4. The Morgan fingerprint density at radius 3 is 2.62 bits per heavy atom. The lowest BCUT2D eigenvalue weighted by Gasteiger charge is -2.12. The van der Waals surface area contributed by atoms with Crippen LogP contribution in [0.2, 0.25) is 0 Å². The van der Waals surface area contributed by atoms with Gasteiger partial charge in [0.25, 0.3) is 0 Å². The van der Waals surface area contributed by atoms with Gasteiger partial charge in [-0.25, -0.2) is 9.48 Å². The molecule has 0 saturated heterocycles. The molecule has 0 radical (unpaired) electrons. The highest BCUT2D eigenvalue weighted by Crippen LogP contribution is 2.28. The summed E-state index contributed by atoms with van der Waals surface area (Å²) in [5.41, 5.74) is 0.669. The summed E-state index contributed by atoms with van der Waals surface area (Å²) in [6, 6.07) is 5.11. The molecule has 1 aromatic heterocycles. The first kappa shape index (κ1) is 14.8. The lowest BCUT2D eigenvalue weighted by Crippen LogP contribution is -2.09. The third kappa shape index (κ3) is 2.79. The Balaban J connectivity index is 2.63. The van der Waals surface area contributed by atoms with Crippen molar-refractivity contribution in [3.05, 3.63) is 29.6 Å². The lowest BCUT2D eigenvalue weighted by atomic mass is 10.2. The van der Waals surface area contributed by atoms with Gasteiger partial charge in [-0.3, -0.25) is 0 Å². The van der Waals surface area contributed by atoms with E-state index in [4.69, 9.17) is 19.3 Å². The minimum Gasteiger partial charge on any atom is -0.497 e. The van der Waals surface area contributed by atoms with Gasteiger partial charge in [-0.15, -0.1) is 5.10 Å². The average molecular weight is 293 g/mol. The number of carboxylic acids is 1. The second-order valence-electron chi connectivity index (χ2n) is 4.07. The van der Waals surface area contributed by atoms with Crippen molar-refractivity contribution in [3.63, 3.8) is 0 Å². The molecule has 8 nitrogen and oxygen atoms in total. The summed E-state index contributed by atoms with van der Waals surface area (Å²) in [4.78, 5) is 11.2. The van der Waals surface area contributed by atoms with Crippen LogP contribution in [0, 0.1) is 0 Å². The van der Waals surface area contributed by atoms with E-state index in [1.54, 1.807) is 18.2 Å². The number of hydrogen-bond donors (Lipinski definition) is 1. The van der Waals surface area contributed by atoms with Crippen LogP contribution < -0.4 is 9.47 Å². The van der Waals surface area contributed by atoms with Crippen molar-refractivity contribution in [1.82, 2.24) is 15.0 Å². The van der Waals surface area contributed by atoms with Crippen LogP contribution in [0.1, 0.15) is 16.2 Å². The van der Waals surface area contributed by atoms with E-state index in [-0.39, 0.29) is 12.3 Å². The van der Waals surface area contributed by atoms with Crippen LogP contribution in [0.3, 0.4) is 0 Å². The number of rotatable bonds is 6. The number of hydrogen-bond acceptors (Lipinski definition) is 6. The monoisotopic (exact) mass is 293 g/mol. The maximum Gasteiger partial charge on any atom is 0.358 e. The highest BCUT2D eigenvalue weighted by atomic mass is 16.5. The van der Waals surface area contributed by atoms with Crippen molar-refractivity contribution >= 4 is 5.97 Å². The molecule has 8 heteroatoms. The summed E-state index contributed by atoms with van der Waals surface area (Å²) in [5.74, 6) is -0.0771. The molecule has 0 aliphatic carbocycles. The summed E-state index contributed by atoms with van der Waals surface area (Å²) in [7, 11) is 4.51. The van der Waals surface area contributed by atoms with E-state index in [0.29, 0.717) is 22.9 Å². The SMILES string of the molecule is COCc1c(C(=O)O)nnn1-c1cc(OC)ccc1OC. The largest absolute Gasteiger partial charge is 0.497 e. The van der Waals surface area contributed by atoms with Gasteiger partial charge < -0.3 is 19.3 Å². The maximum atomic E-state index is 11.2. The molecule has 0 fully saturated rings. The first-order valence-corrected chi connectivity index (χ1v) is 6.01. The summed E-state index contributed by atoms with van der Waals surface area (Å²) in [6.07, 6.45) is 0. The number of carbonyl (C=O) groups is 1. The molecule has 21 heavy (non-hydrogen) atoms. The van der Waals surface area contributed by atoms with Crippen LogP contribution in [-0.2, 0) is 11.3 Å². The van der Waals surface area contributed by atoms with Gasteiger partial charge in [0.15, 0.2) is 5.69 Å². The van der Waals surface area contributed by atoms with E-state index in [1.165, 1.54) is 26.0 Å². The van der Waals surface area contributed by atoms with E-state index in [1.807, 2.05) is 0 Å². The molecule has 0 unspecified atom stereocenters. The lowest BCUT2D eigenvalue weighted by molar-refractivity contribution is 0.0685. The fraction of sp³-hybridized carbons (Fsp3) is 0.308. The van der Waals surface area contributed by atoms with Gasteiger partial charge in [0.1, 0.15) is 22.9 Å².